The average molecular weight is 483 g/mol. The van der Waals surface area contributed by atoms with E-state index in [4.69, 9.17) is 16.2 Å². The van der Waals surface area contributed by atoms with Gasteiger partial charge in [-0.2, -0.15) is 0 Å². The number of ether oxygens (including phenoxy) is 1. The van der Waals surface area contributed by atoms with Gasteiger partial charge in [0.2, 0.25) is 0 Å². The number of methoxy groups -OCH3 is 1. The molecule has 5 N–H and O–H groups in total. The minimum atomic E-state index is -0.327. The van der Waals surface area contributed by atoms with E-state index in [9.17, 15) is 4.79 Å². The van der Waals surface area contributed by atoms with Crippen LogP contribution in [0.25, 0.3) is 32.2 Å². The van der Waals surface area contributed by atoms with E-state index in [-0.39, 0.29) is 12.5 Å². The number of pyridine rings is 1. The third kappa shape index (κ3) is 3.95. The monoisotopic (exact) mass is 482 g/mol. The number of benzene rings is 2. The van der Waals surface area contributed by atoms with Gasteiger partial charge in [0.1, 0.15) is 11.6 Å². The van der Waals surface area contributed by atoms with Crippen LogP contribution >= 0.6 is 11.3 Å². The standard InChI is InChI=1S/C26H22N6O2S/c1-32-20-8-4-3-7-18(20)30-25(32)26(33)31-19-10-9-15(12-21(19)34-2)17-14-35-23-16(6-5-11-27)13-29-24(28)22(17)23/h3-4,7-10,12-14H,11,27H2,1-2H3,(H2,28,29)(H,31,33). The van der Waals surface area contributed by atoms with Crippen LogP contribution in [0.2, 0.25) is 0 Å². The van der Waals surface area contributed by atoms with Gasteiger partial charge in [-0.3, -0.25) is 4.79 Å². The van der Waals surface area contributed by atoms with Crippen molar-refractivity contribution in [3.63, 3.8) is 0 Å². The predicted octanol–water partition coefficient (Wildman–Crippen LogP) is 4.00. The van der Waals surface area contributed by atoms with Gasteiger partial charge in [0.15, 0.2) is 5.82 Å². The van der Waals surface area contributed by atoms with Crippen molar-refractivity contribution in [3.8, 4) is 28.7 Å². The largest absolute Gasteiger partial charge is 0.495 e. The van der Waals surface area contributed by atoms with Crippen LogP contribution in [0.4, 0.5) is 11.5 Å². The molecular weight excluding hydrogens is 460 g/mol. The Morgan fingerprint density at radius 3 is 2.86 bits per heavy atom. The van der Waals surface area contributed by atoms with Crippen LogP contribution in [0, 0.1) is 11.8 Å². The number of fused-ring (bicyclic) bond motifs is 2. The molecule has 1 amide bonds. The van der Waals surface area contributed by atoms with Crippen LogP contribution < -0.4 is 21.5 Å². The number of aromatic nitrogens is 3. The van der Waals surface area contributed by atoms with E-state index in [2.05, 4.69) is 27.1 Å². The highest BCUT2D eigenvalue weighted by atomic mass is 32.1. The van der Waals surface area contributed by atoms with Gasteiger partial charge < -0.3 is 26.1 Å². The van der Waals surface area contributed by atoms with E-state index in [1.165, 1.54) is 0 Å². The van der Waals surface area contributed by atoms with Gasteiger partial charge >= 0.3 is 0 Å². The highest BCUT2D eigenvalue weighted by molar-refractivity contribution is 7.18. The Morgan fingerprint density at radius 2 is 2.09 bits per heavy atom. The quantitative estimate of drug-likeness (QED) is 0.333. The second kappa shape index (κ2) is 9.10. The molecule has 5 rings (SSSR count). The van der Waals surface area contributed by atoms with Crippen LogP contribution in [0.3, 0.4) is 0 Å². The summed E-state index contributed by atoms with van der Waals surface area (Å²) in [5.41, 5.74) is 16.5. The van der Waals surface area contributed by atoms with E-state index >= 15 is 0 Å². The van der Waals surface area contributed by atoms with Crippen LogP contribution in [0.5, 0.6) is 5.75 Å². The zero-order valence-corrected chi connectivity index (χ0v) is 19.9. The lowest BCUT2D eigenvalue weighted by Crippen LogP contribution is -2.17. The van der Waals surface area contributed by atoms with Crippen LogP contribution in [-0.4, -0.2) is 34.1 Å². The van der Waals surface area contributed by atoms with Gasteiger partial charge in [-0.15, -0.1) is 11.3 Å². The SMILES string of the molecule is COc1cc(-c2csc3c(C#CCN)cnc(N)c23)ccc1NC(=O)c1nc2ccccc2n1C. The summed E-state index contributed by atoms with van der Waals surface area (Å²) in [5.74, 6) is 6.85. The maximum atomic E-state index is 13.0. The first kappa shape index (κ1) is 22.4. The van der Waals surface area contributed by atoms with Crippen molar-refractivity contribution in [3.05, 3.63) is 65.4 Å². The molecule has 0 atom stereocenters. The molecule has 35 heavy (non-hydrogen) atoms. The van der Waals surface area contributed by atoms with E-state index < -0.39 is 0 Å². The third-order valence-corrected chi connectivity index (χ3v) is 6.71. The molecule has 174 valence electrons. The van der Waals surface area contributed by atoms with Crippen molar-refractivity contribution in [1.82, 2.24) is 14.5 Å². The van der Waals surface area contributed by atoms with Crippen molar-refractivity contribution in [1.29, 1.82) is 0 Å². The second-order valence-corrected chi connectivity index (χ2v) is 8.65. The van der Waals surface area contributed by atoms with Crippen molar-refractivity contribution in [2.45, 2.75) is 0 Å². The summed E-state index contributed by atoms with van der Waals surface area (Å²) in [6.07, 6.45) is 1.67. The molecule has 0 spiro atoms. The Labute approximate surface area is 205 Å². The Morgan fingerprint density at radius 1 is 1.26 bits per heavy atom. The Balaban J connectivity index is 1.51. The Hall–Kier alpha value is -4.39. The van der Waals surface area contributed by atoms with E-state index in [0.717, 1.165) is 37.8 Å². The molecule has 0 unspecified atom stereocenters. The normalized spacial score (nSPS) is 10.8. The number of carbonyl (C=O) groups is 1. The molecule has 0 aliphatic heterocycles. The average Bonchev–Trinajstić information content (AvgIpc) is 3.47. The minimum Gasteiger partial charge on any atom is -0.495 e. The maximum absolute atomic E-state index is 13.0. The fourth-order valence-corrected chi connectivity index (χ4v) is 5.06. The molecule has 0 bridgehead atoms. The number of hydrogen-bond donors (Lipinski definition) is 3. The number of nitrogens with zero attached hydrogens (tertiary/aromatic N) is 3. The first-order chi connectivity index (χ1) is 17.0. The molecule has 0 fully saturated rings. The first-order valence-corrected chi connectivity index (χ1v) is 11.7. The van der Waals surface area contributed by atoms with Crippen LogP contribution in [0.1, 0.15) is 16.2 Å². The van der Waals surface area contributed by atoms with Crippen molar-refractivity contribution in [2.75, 3.05) is 24.7 Å². The lowest BCUT2D eigenvalue weighted by molar-refractivity contribution is 0.101. The number of hydrogen-bond acceptors (Lipinski definition) is 7. The Bertz CT molecular complexity index is 1660. The van der Waals surface area contributed by atoms with Crippen LogP contribution in [0.15, 0.2) is 54.0 Å². The highest BCUT2D eigenvalue weighted by Crippen LogP contribution is 2.40. The molecule has 0 aliphatic rings. The highest BCUT2D eigenvalue weighted by Gasteiger charge is 2.19. The van der Waals surface area contributed by atoms with E-state index in [0.29, 0.717) is 23.1 Å². The molecule has 2 aromatic carbocycles. The molecule has 0 saturated heterocycles. The minimum absolute atomic E-state index is 0.267. The molecule has 3 aromatic heterocycles. The number of imidazole rings is 1. The van der Waals surface area contributed by atoms with Crippen LogP contribution in [-0.2, 0) is 7.05 Å². The fraction of sp³-hybridized carbons (Fsp3) is 0.115. The van der Waals surface area contributed by atoms with Crippen molar-refractivity contribution >= 4 is 49.9 Å². The van der Waals surface area contributed by atoms with Gasteiger partial charge in [0.05, 0.1) is 40.6 Å². The second-order valence-electron chi connectivity index (χ2n) is 7.77. The number of nitrogen functional groups attached to an aromatic ring is 1. The summed E-state index contributed by atoms with van der Waals surface area (Å²) in [6.45, 7) is 0.267. The number of nitrogens with two attached hydrogens (primary N) is 2. The lowest BCUT2D eigenvalue weighted by Gasteiger charge is -2.12. The molecule has 9 heteroatoms. The number of rotatable bonds is 4. The summed E-state index contributed by atoms with van der Waals surface area (Å²) in [6, 6.07) is 13.2. The van der Waals surface area contributed by atoms with E-state index in [1.54, 1.807) is 35.3 Å². The summed E-state index contributed by atoms with van der Waals surface area (Å²) in [5, 5.41) is 5.77. The topological polar surface area (TPSA) is 121 Å². The molecule has 0 saturated carbocycles. The smallest absolute Gasteiger partial charge is 0.291 e. The van der Waals surface area contributed by atoms with E-state index in [1.807, 2.05) is 48.8 Å². The zero-order chi connectivity index (χ0) is 24.5. The molecule has 5 aromatic rings. The maximum Gasteiger partial charge on any atom is 0.291 e. The lowest BCUT2D eigenvalue weighted by atomic mass is 10.0. The van der Waals surface area contributed by atoms with Gasteiger partial charge in [-0.05, 0) is 35.2 Å². The number of para-hydroxylation sites is 2. The fourth-order valence-electron chi connectivity index (χ4n) is 4.00. The third-order valence-electron chi connectivity index (χ3n) is 5.70. The van der Waals surface area contributed by atoms with Crippen molar-refractivity contribution in [2.24, 2.45) is 12.8 Å². The Kier molecular flexibility index (Phi) is 5.82. The number of carbonyl (C=O) groups excluding carboxylic acids is 1. The number of amides is 1. The van der Waals surface area contributed by atoms with Gasteiger partial charge in [-0.25, -0.2) is 9.97 Å². The number of nitrogens with one attached hydrogen (secondary N) is 1. The summed E-state index contributed by atoms with van der Waals surface area (Å²) in [7, 11) is 3.38. The van der Waals surface area contributed by atoms with Crippen molar-refractivity contribution < 1.29 is 9.53 Å². The molecule has 8 nitrogen and oxygen atoms in total. The van der Waals surface area contributed by atoms with Gasteiger partial charge in [0, 0.05) is 24.2 Å². The summed E-state index contributed by atoms with van der Waals surface area (Å²) < 4.78 is 8.33. The molecule has 0 aliphatic carbocycles. The number of aryl methyl sites for hydroxylation is 1. The summed E-state index contributed by atoms with van der Waals surface area (Å²) >= 11 is 1.54. The van der Waals surface area contributed by atoms with Gasteiger partial charge in [-0.1, -0.05) is 30.0 Å². The zero-order valence-electron chi connectivity index (χ0n) is 19.1. The first-order valence-electron chi connectivity index (χ1n) is 10.8. The van der Waals surface area contributed by atoms with Gasteiger partial charge in [0.25, 0.3) is 5.91 Å². The molecule has 3 heterocycles. The molecule has 0 radical (unpaired) electrons. The predicted molar refractivity (Wildman–Crippen MR) is 141 cm³/mol. The summed E-state index contributed by atoms with van der Waals surface area (Å²) in [4.78, 5) is 21.8. The molecular formula is C26H22N6O2S. The number of thiophene rings is 1. The number of anilines is 2.